The lowest BCUT2D eigenvalue weighted by Gasteiger charge is -2.10. The molecule has 0 atom stereocenters. The minimum absolute atomic E-state index is 0.445. The van der Waals surface area contributed by atoms with Crippen molar-refractivity contribution >= 4 is 45.6 Å². The third-order valence-electron chi connectivity index (χ3n) is 3.16. The molecule has 0 amide bonds. The van der Waals surface area contributed by atoms with Gasteiger partial charge in [-0.15, -0.1) is 22.7 Å². The zero-order valence-corrected chi connectivity index (χ0v) is 15.3. The molecule has 0 aliphatic carbocycles. The summed E-state index contributed by atoms with van der Waals surface area (Å²) in [6.45, 7) is 0. The molecule has 0 radical (unpaired) electrons. The summed E-state index contributed by atoms with van der Waals surface area (Å²) in [4.78, 5) is 5.62. The van der Waals surface area contributed by atoms with E-state index in [1.807, 2.05) is 29.0 Å². The van der Waals surface area contributed by atoms with Gasteiger partial charge >= 0.3 is 0 Å². The monoisotopic (exact) mass is 379 g/mol. The van der Waals surface area contributed by atoms with Crippen LogP contribution in [0.4, 0.5) is 5.13 Å². The number of rotatable bonds is 6. The highest BCUT2D eigenvalue weighted by Gasteiger charge is 2.12. The van der Waals surface area contributed by atoms with Crippen molar-refractivity contribution in [1.82, 2.24) is 4.98 Å². The molecule has 8 heteroatoms. The Bertz CT molecular complexity index is 847. The van der Waals surface area contributed by atoms with Crippen molar-refractivity contribution in [2.24, 2.45) is 5.10 Å². The second kappa shape index (κ2) is 7.65. The van der Waals surface area contributed by atoms with E-state index in [0.29, 0.717) is 21.7 Å². The molecule has 0 fully saturated rings. The van der Waals surface area contributed by atoms with Crippen LogP contribution in [-0.4, -0.2) is 25.4 Å². The fourth-order valence-electron chi connectivity index (χ4n) is 2.02. The lowest BCUT2D eigenvalue weighted by Crippen LogP contribution is -1.96. The van der Waals surface area contributed by atoms with E-state index in [9.17, 15) is 0 Å². The molecule has 5 nitrogen and oxygen atoms in total. The fraction of sp³-hybridized carbons (Fsp3) is 0.125. The Morgan fingerprint density at radius 1 is 1.21 bits per heavy atom. The van der Waals surface area contributed by atoms with Gasteiger partial charge in [-0.25, -0.2) is 4.98 Å². The molecule has 0 saturated heterocycles. The maximum Gasteiger partial charge on any atom is 0.203 e. The summed E-state index contributed by atoms with van der Waals surface area (Å²) in [5.41, 5.74) is 4.58. The molecule has 0 unspecified atom stereocenters. The molecule has 3 rings (SSSR count). The van der Waals surface area contributed by atoms with Crippen molar-refractivity contribution in [2.45, 2.75) is 0 Å². The molecule has 0 aliphatic rings. The molecule has 0 saturated carbocycles. The van der Waals surface area contributed by atoms with Gasteiger partial charge in [-0.1, -0.05) is 17.7 Å². The average molecular weight is 380 g/mol. The highest BCUT2D eigenvalue weighted by molar-refractivity contribution is 7.15. The third-order valence-corrected chi connectivity index (χ3v) is 5.19. The molecule has 3 aromatic rings. The molecule has 124 valence electrons. The van der Waals surface area contributed by atoms with E-state index in [2.05, 4.69) is 15.5 Å². The van der Waals surface area contributed by atoms with Crippen LogP contribution in [0.25, 0.3) is 10.6 Å². The van der Waals surface area contributed by atoms with Gasteiger partial charge in [0.15, 0.2) is 11.5 Å². The van der Waals surface area contributed by atoms with Crippen LogP contribution >= 0.6 is 34.3 Å². The Labute approximate surface area is 152 Å². The van der Waals surface area contributed by atoms with Gasteiger partial charge in [0.2, 0.25) is 5.13 Å². The van der Waals surface area contributed by atoms with Crippen LogP contribution in [0.2, 0.25) is 5.02 Å². The number of benzene rings is 1. The average Bonchev–Trinajstić information content (AvgIpc) is 3.27. The SMILES string of the molecule is COc1ccc(/C=N\Nc2nc(-c3cccs3)cs2)c(Cl)c1OC. The number of halogens is 1. The number of nitrogens with zero attached hydrogens (tertiary/aromatic N) is 2. The maximum atomic E-state index is 6.31. The van der Waals surface area contributed by atoms with E-state index in [1.165, 1.54) is 11.3 Å². The zero-order valence-electron chi connectivity index (χ0n) is 12.9. The summed E-state index contributed by atoms with van der Waals surface area (Å²) >= 11 is 9.46. The van der Waals surface area contributed by atoms with Crippen LogP contribution in [0, 0.1) is 0 Å². The number of anilines is 1. The van der Waals surface area contributed by atoms with Crippen LogP contribution in [0.5, 0.6) is 11.5 Å². The fourth-order valence-corrected chi connectivity index (χ4v) is 3.73. The summed E-state index contributed by atoms with van der Waals surface area (Å²) < 4.78 is 10.5. The minimum atomic E-state index is 0.445. The van der Waals surface area contributed by atoms with Gasteiger partial charge in [0.25, 0.3) is 0 Å². The molecule has 0 bridgehead atoms. The molecule has 24 heavy (non-hydrogen) atoms. The van der Waals surface area contributed by atoms with E-state index in [1.54, 1.807) is 37.8 Å². The molecule has 2 aromatic heterocycles. The van der Waals surface area contributed by atoms with Gasteiger partial charge in [0.1, 0.15) is 0 Å². The Morgan fingerprint density at radius 3 is 2.79 bits per heavy atom. The molecule has 1 N–H and O–H groups in total. The number of ether oxygens (including phenoxy) is 2. The molecular formula is C16H14ClN3O2S2. The van der Waals surface area contributed by atoms with E-state index in [0.717, 1.165) is 16.1 Å². The number of aromatic nitrogens is 1. The highest BCUT2D eigenvalue weighted by Crippen LogP contribution is 2.36. The molecule has 2 heterocycles. The Morgan fingerprint density at radius 2 is 2.08 bits per heavy atom. The van der Waals surface area contributed by atoms with Crippen molar-refractivity contribution in [1.29, 1.82) is 0 Å². The normalized spacial score (nSPS) is 11.0. The summed E-state index contributed by atoms with van der Waals surface area (Å²) in [5.74, 6) is 1.06. The smallest absolute Gasteiger partial charge is 0.203 e. The number of thiophene rings is 1. The van der Waals surface area contributed by atoms with Crippen molar-refractivity contribution in [3.63, 3.8) is 0 Å². The van der Waals surface area contributed by atoms with Gasteiger partial charge in [-0.2, -0.15) is 5.10 Å². The molecule has 1 aromatic carbocycles. The Balaban J connectivity index is 1.73. The topological polar surface area (TPSA) is 55.7 Å². The number of methoxy groups -OCH3 is 2. The van der Waals surface area contributed by atoms with Crippen LogP contribution in [0.15, 0.2) is 40.1 Å². The van der Waals surface area contributed by atoms with E-state index in [-0.39, 0.29) is 0 Å². The highest BCUT2D eigenvalue weighted by atomic mass is 35.5. The number of nitrogens with one attached hydrogen (secondary N) is 1. The number of hydrogen-bond donors (Lipinski definition) is 1. The van der Waals surface area contributed by atoms with Crippen LogP contribution < -0.4 is 14.9 Å². The van der Waals surface area contributed by atoms with Crippen LogP contribution in [-0.2, 0) is 0 Å². The number of thiazole rings is 1. The summed E-state index contributed by atoms with van der Waals surface area (Å²) in [6.07, 6.45) is 1.62. The van der Waals surface area contributed by atoms with Crippen molar-refractivity contribution in [2.75, 3.05) is 19.6 Å². The minimum Gasteiger partial charge on any atom is -0.493 e. The third kappa shape index (κ3) is 3.53. The van der Waals surface area contributed by atoms with Gasteiger partial charge < -0.3 is 9.47 Å². The molecule has 0 aliphatic heterocycles. The zero-order chi connectivity index (χ0) is 16.9. The predicted molar refractivity (Wildman–Crippen MR) is 101 cm³/mol. The quantitative estimate of drug-likeness (QED) is 0.484. The van der Waals surface area contributed by atoms with Crippen molar-refractivity contribution in [3.05, 3.63) is 45.6 Å². The molecular weight excluding hydrogens is 366 g/mol. The predicted octanol–water partition coefficient (Wildman–Crippen LogP) is 4.99. The van der Waals surface area contributed by atoms with E-state index in [4.69, 9.17) is 21.1 Å². The first-order valence-corrected chi connectivity index (χ1v) is 9.05. The van der Waals surface area contributed by atoms with Crippen molar-refractivity contribution < 1.29 is 9.47 Å². The first-order chi connectivity index (χ1) is 11.7. The lowest BCUT2D eigenvalue weighted by molar-refractivity contribution is 0.355. The summed E-state index contributed by atoms with van der Waals surface area (Å²) in [7, 11) is 3.11. The first kappa shape index (κ1) is 16.8. The number of hydrazone groups is 1. The maximum absolute atomic E-state index is 6.31. The lowest BCUT2D eigenvalue weighted by atomic mass is 10.2. The van der Waals surface area contributed by atoms with Gasteiger partial charge in [-0.05, 0) is 23.6 Å². The van der Waals surface area contributed by atoms with E-state index >= 15 is 0 Å². The van der Waals surface area contributed by atoms with E-state index < -0.39 is 0 Å². The largest absolute Gasteiger partial charge is 0.493 e. The Hall–Kier alpha value is -2.09. The standard InChI is InChI=1S/C16H14ClN3O2S2/c1-21-12-6-5-10(14(17)15(12)22-2)8-18-20-16-19-11(9-24-16)13-4-3-7-23-13/h3-9H,1-2H3,(H,19,20)/b18-8-. The molecule has 0 spiro atoms. The number of hydrogen-bond acceptors (Lipinski definition) is 7. The van der Waals surface area contributed by atoms with Crippen LogP contribution in [0.3, 0.4) is 0 Å². The van der Waals surface area contributed by atoms with Gasteiger partial charge in [0.05, 0.1) is 36.0 Å². The first-order valence-electron chi connectivity index (χ1n) is 6.92. The van der Waals surface area contributed by atoms with Crippen molar-refractivity contribution in [3.8, 4) is 22.1 Å². The summed E-state index contributed by atoms with van der Waals surface area (Å²) in [6, 6.07) is 7.64. The van der Waals surface area contributed by atoms with Gasteiger partial charge in [-0.3, -0.25) is 5.43 Å². The Kier molecular flexibility index (Phi) is 5.34. The second-order valence-electron chi connectivity index (χ2n) is 4.59. The second-order valence-corrected chi connectivity index (χ2v) is 6.77. The van der Waals surface area contributed by atoms with Gasteiger partial charge in [0, 0.05) is 10.9 Å². The van der Waals surface area contributed by atoms with Crippen LogP contribution in [0.1, 0.15) is 5.56 Å². The summed E-state index contributed by atoms with van der Waals surface area (Å²) in [5, 5.41) is 9.37.